The number of fused-ring (bicyclic) bond motifs is 4. The molecule has 0 saturated carbocycles. The van der Waals surface area contributed by atoms with Crippen LogP contribution in [0.4, 0.5) is 17.1 Å². The topological polar surface area (TPSA) is 37.4 Å². The van der Waals surface area contributed by atoms with Crippen LogP contribution in [-0.4, -0.2) is 8.42 Å². The zero-order valence-corrected chi connectivity index (χ0v) is 29.2. The van der Waals surface area contributed by atoms with Crippen molar-refractivity contribution < 1.29 is 8.42 Å². The molecule has 0 aliphatic carbocycles. The van der Waals surface area contributed by atoms with Gasteiger partial charge in [0.1, 0.15) is 0 Å². The number of nitrogens with zero attached hydrogens (tertiary/aromatic N) is 1. The van der Waals surface area contributed by atoms with Crippen LogP contribution in [0, 0.1) is 0 Å². The molecule has 0 N–H and O–H groups in total. The summed E-state index contributed by atoms with van der Waals surface area (Å²) in [6, 6.07) is 51.6. The Morgan fingerprint density at radius 3 is 1.06 bits per heavy atom. The van der Waals surface area contributed by atoms with Crippen molar-refractivity contribution in [2.24, 2.45) is 0 Å². The molecule has 0 amide bonds. The van der Waals surface area contributed by atoms with Gasteiger partial charge in [-0.05, 0) is 92.0 Å². The van der Waals surface area contributed by atoms with Gasteiger partial charge in [-0.1, -0.05) is 141 Å². The fraction of sp³-hybridized carbons (Fsp3) is 0. The second kappa shape index (κ2) is 12.5. The molecule has 0 aromatic heterocycles. The van der Waals surface area contributed by atoms with Crippen LogP contribution in [0.2, 0.25) is 0 Å². The minimum atomic E-state index is -1.45. The van der Waals surface area contributed by atoms with Gasteiger partial charge in [-0.3, -0.25) is 0 Å². The van der Waals surface area contributed by atoms with Gasteiger partial charge in [-0.15, -0.1) is 0 Å². The maximum absolute atomic E-state index is 14.2. The van der Waals surface area contributed by atoms with E-state index in [1.54, 1.807) is 0 Å². The zero-order valence-electron chi connectivity index (χ0n) is 27.6. The van der Waals surface area contributed by atoms with Gasteiger partial charge >= 0.3 is 0 Å². The Morgan fingerprint density at radius 2 is 0.706 bits per heavy atom. The Bertz CT molecular complexity index is 2390. The summed E-state index contributed by atoms with van der Waals surface area (Å²) in [4.78, 5) is 4.98. The molecule has 2 atom stereocenters. The molecule has 7 aromatic carbocycles. The molecule has 244 valence electrons. The van der Waals surface area contributed by atoms with Crippen LogP contribution < -0.4 is 4.90 Å². The van der Waals surface area contributed by atoms with Crippen molar-refractivity contribution in [3.05, 3.63) is 176 Å². The Hall–Kier alpha value is -5.88. The minimum Gasteiger partial charge on any atom is -0.306 e. The summed E-state index contributed by atoms with van der Waals surface area (Å²) in [6.45, 7) is 7.70. The average Bonchev–Trinajstić information content (AvgIpc) is 3.20. The fourth-order valence-electron chi connectivity index (χ4n) is 7.02. The third-order valence-corrected chi connectivity index (χ3v) is 12.7. The Balaban J connectivity index is 1.08. The van der Waals surface area contributed by atoms with Gasteiger partial charge in [0.05, 0.1) is 58.2 Å². The highest BCUT2D eigenvalue weighted by atomic mass is 32.2. The number of benzene rings is 7. The zero-order chi connectivity index (χ0) is 34.6. The molecule has 7 aromatic rings. The summed E-state index contributed by atoms with van der Waals surface area (Å²) in [6.07, 6.45) is 3.69. The number of hydrogen-bond acceptors (Lipinski definition) is 3. The van der Waals surface area contributed by atoms with Crippen LogP contribution in [0.15, 0.2) is 184 Å². The van der Waals surface area contributed by atoms with E-state index >= 15 is 0 Å². The second-order valence-corrected chi connectivity index (χ2v) is 15.5. The Labute approximate surface area is 302 Å². The van der Waals surface area contributed by atoms with Gasteiger partial charge in [-0.2, -0.15) is 0 Å². The van der Waals surface area contributed by atoms with Crippen LogP contribution in [-0.2, 0) is 21.6 Å². The predicted octanol–water partition coefficient (Wildman–Crippen LogP) is 12.1. The van der Waals surface area contributed by atoms with Crippen molar-refractivity contribution in [2.75, 3.05) is 4.90 Å². The molecular weight excluding hydrogens is 663 g/mol. The van der Waals surface area contributed by atoms with Crippen LogP contribution in [0.3, 0.4) is 0 Å². The SMILES string of the molecule is C=Cc1ccc(-c2ccc(-c3ccc4c(c3)S(=O)c3cccc5c3N4c3ccc(-c4ccc(-c6ccc(C=C)cc6)cc4)cc3S5=O)cc2)cc1. The van der Waals surface area contributed by atoms with E-state index in [1.807, 2.05) is 42.5 Å². The van der Waals surface area contributed by atoms with Crippen molar-refractivity contribution in [3.8, 4) is 44.5 Å². The molecule has 2 aliphatic rings. The largest absolute Gasteiger partial charge is 0.306 e. The van der Waals surface area contributed by atoms with E-state index in [-0.39, 0.29) is 0 Å². The van der Waals surface area contributed by atoms with Crippen molar-refractivity contribution in [3.63, 3.8) is 0 Å². The monoisotopic (exact) mass is 693 g/mol. The smallest absolute Gasteiger partial charge is 0.0893 e. The maximum Gasteiger partial charge on any atom is 0.0893 e. The van der Waals surface area contributed by atoms with E-state index in [4.69, 9.17) is 0 Å². The molecule has 0 fully saturated rings. The van der Waals surface area contributed by atoms with Gasteiger partial charge in [-0.25, -0.2) is 8.42 Å². The van der Waals surface area contributed by atoms with Crippen LogP contribution >= 0.6 is 0 Å². The normalized spacial score (nSPS) is 15.3. The summed E-state index contributed by atoms with van der Waals surface area (Å²) >= 11 is 0. The summed E-state index contributed by atoms with van der Waals surface area (Å²) < 4.78 is 28.4. The molecule has 0 spiro atoms. The average molecular weight is 694 g/mol. The van der Waals surface area contributed by atoms with Crippen LogP contribution in [0.25, 0.3) is 56.7 Å². The molecular formula is C46H31NO2S2. The van der Waals surface area contributed by atoms with E-state index in [0.29, 0.717) is 9.79 Å². The molecule has 2 unspecified atom stereocenters. The number of rotatable bonds is 6. The highest BCUT2D eigenvalue weighted by Crippen LogP contribution is 2.54. The lowest BCUT2D eigenvalue weighted by atomic mass is 9.98. The number of hydrogen-bond donors (Lipinski definition) is 0. The number of anilines is 3. The van der Waals surface area contributed by atoms with E-state index < -0.39 is 21.6 Å². The molecule has 9 rings (SSSR count). The molecule has 0 bridgehead atoms. The maximum atomic E-state index is 14.2. The molecule has 2 heterocycles. The highest BCUT2D eigenvalue weighted by molar-refractivity contribution is 7.86. The first kappa shape index (κ1) is 31.1. The lowest BCUT2D eigenvalue weighted by molar-refractivity contribution is 0.678. The van der Waals surface area contributed by atoms with Crippen LogP contribution in [0.5, 0.6) is 0 Å². The number of para-hydroxylation sites is 1. The lowest BCUT2D eigenvalue weighted by Gasteiger charge is -2.38. The van der Waals surface area contributed by atoms with Gasteiger partial charge in [0.2, 0.25) is 0 Å². The predicted molar refractivity (Wildman–Crippen MR) is 212 cm³/mol. The molecule has 5 heteroatoms. The molecule has 51 heavy (non-hydrogen) atoms. The van der Waals surface area contributed by atoms with E-state index in [9.17, 15) is 8.42 Å². The molecule has 0 radical (unpaired) electrons. The Kier molecular flexibility index (Phi) is 7.61. The molecule has 0 saturated heterocycles. The van der Waals surface area contributed by atoms with Crippen molar-refractivity contribution in [2.45, 2.75) is 19.6 Å². The third kappa shape index (κ3) is 5.25. The van der Waals surface area contributed by atoms with E-state index in [1.165, 1.54) is 0 Å². The minimum absolute atomic E-state index is 0.676. The first-order chi connectivity index (χ1) is 25.0. The summed E-state index contributed by atoms with van der Waals surface area (Å²) in [7, 11) is -2.89. The molecule has 3 nitrogen and oxygen atoms in total. The second-order valence-electron chi connectivity index (χ2n) is 12.6. The standard InChI is InChI=1S/C46H31NO2S2/c1-3-30-8-12-32(13-9-30)34-16-20-36(21-17-34)38-24-26-40-44(28-38)50(48)42-6-5-7-43-46(42)47(40)41-27-25-39(29-45(41)51(43)49)37-22-18-35(19-23-37)33-14-10-31(4-2)11-15-33/h3-29H,1-2H2. The fourth-order valence-corrected chi connectivity index (χ4v) is 9.88. The quantitative estimate of drug-likeness (QED) is 0.174. The van der Waals surface area contributed by atoms with E-state index in [0.717, 1.165) is 82.5 Å². The van der Waals surface area contributed by atoms with Crippen molar-refractivity contribution >= 4 is 50.8 Å². The first-order valence-electron chi connectivity index (χ1n) is 16.7. The lowest BCUT2D eigenvalue weighted by Crippen LogP contribution is -2.25. The summed E-state index contributed by atoms with van der Waals surface area (Å²) in [5.41, 5.74) is 13.2. The van der Waals surface area contributed by atoms with Gasteiger partial charge in [0, 0.05) is 0 Å². The van der Waals surface area contributed by atoms with Crippen molar-refractivity contribution in [1.82, 2.24) is 0 Å². The molecule has 2 aliphatic heterocycles. The first-order valence-corrected chi connectivity index (χ1v) is 19.0. The van der Waals surface area contributed by atoms with Gasteiger partial charge in [0.25, 0.3) is 0 Å². The van der Waals surface area contributed by atoms with Crippen molar-refractivity contribution in [1.29, 1.82) is 0 Å². The van der Waals surface area contributed by atoms with Gasteiger partial charge < -0.3 is 4.90 Å². The summed E-state index contributed by atoms with van der Waals surface area (Å²) in [5, 5.41) is 0. The third-order valence-electron chi connectivity index (χ3n) is 9.78. The summed E-state index contributed by atoms with van der Waals surface area (Å²) in [5.74, 6) is 0. The van der Waals surface area contributed by atoms with Gasteiger partial charge in [0.15, 0.2) is 0 Å². The highest BCUT2D eigenvalue weighted by Gasteiger charge is 2.38. The Morgan fingerprint density at radius 1 is 0.392 bits per heavy atom. The van der Waals surface area contributed by atoms with Crippen LogP contribution in [0.1, 0.15) is 11.1 Å². The van der Waals surface area contributed by atoms with E-state index in [2.05, 4.69) is 139 Å².